The lowest BCUT2D eigenvalue weighted by molar-refractivity contribution is 0.0688. The SMILES string of the molecule is Cc1noc(C)c1-c1cccc(-n2nc(C(=O)O)c3c2CCCC3)c1. The predicted molar refractivity (Wildman–Crippen MR) is 92.1 cm³/mol. The van der Waals surface area contributed by atoms with Gasteiger partial charge in [-0.15, -0.1) is 0 Å². The number of fused-ring (bicyclic) bond motifs is 1. The van der Waals surface area contributed by atoms with E-state index in [-0.39, 0.29) is 5.69 Å². The van der Waals surface area contributed by atoms with Crippen LogP contribution >= 0.6 is 0 Å². The van der Waals surface area contributed by atoms with Gasteiger partial charge >= 0.3 is 5.97 Å². The van der Waals surface area contributed by atoms with Gasteiger partial charge in [0, 0.05) is 16.8 Å². The first-order valence-electron chi connectivity index (χ1n) is 8.44. The van der Waals surface area contributed by atoms with Crippen molar-refractivity contribution in [1.29, 1.82) is 0 Å². The second-order valence-corrected chi connectivity index (χ2v) is 6.45. The number of carbonyl (C=O) groups is 1. The smallest absolute Gasteiger partial charge is 0.356 e. The monoisotopic (exact) mass is 337 g/mol. The highest BCUT2D eigenvalue weighted by atomic mass is 16.5. The van der Waals surface area contributed by atoms with Gasteiger partial charge in [0.25, 0.3) is 0 Å². The van der Waals surface area contributed by atoms with E-state index in [9.17, 15) is 9.90 Å². The Morgan fingerprint density at radius 2 is 2.04 bits per heavy atom. The molecule has 2 aromatic heterocycles. The van der Waals surface area contributed by atoms with E-state index in [0.717, 1.165) is 65.2 Å². The number of carboxylic acids is 1. The minimum absolute atomic E-state index is 0.178. The fourth-order valence-corrected chi connectivity index (χ4v) is 3.67. The molecule has 0 fully saturated rings. The van der Waals surface area contributed by atoms with E-state index in [1.807, 2.05) is 38.1 Å². The maximum Gasteiger partial charge on any atom is 0.356 e. The highest BCUT2D eigenvalue weighted by Gasteiger charge is 2.25. The van der Waals surface area contributed by atoms with E-state index >= 15 is 0 Å². The van der Waals surface area contributed by atoms with Gasteiger partial charge < -0.3 is 9.63 Å². The van der Waals surface area contributed by atoms with Gasteiger partial charge in [-0.25, -0.2) is 9.48 Å². The molecular formula is C19H19N3O3. The van der Waals surface area contributed by atoms with Crippen molar-refractivity contribution in [3.05, 3.63) is 52.7 Å². The van der Waals surface area contributed by atoms with Gasteiger partial charge in [-0.2, -0.15) is 5.10 Å². The number of nitrogens with zero attached hydrogens (tertiary/aromatic N) is 3. The lowest BCUT2D eigenvalue weighted by Crippen LogP contribution is -2.08. The standard InChI is InChI=1S/C19H19N3O3/c1-11-17(12(2)25-21-11)13-6-5-7-14(10-13)22-16-9-4-3-8-15(16)18(20-22)19(23)24/h5-7,10H,3-4,8-9H2,1-2H3,(H,23,24). The molecule has 4 rings (SSSR count). The number of rotatable bonds is 3. The fraction of sp³-hybridized carbons (Fsp3) is 0.316. The van der Waals surface area contributed by atoms with Gasteiger partial charge in [-0.1, -0.05) is 17.3 Å². The molecule has 0 saturated carbocycles. The average Bonchev–Trinajstić information content (AvgIpc) is 3.15. The Hall–Kier alpha value is -2.89. The Bertz CT molecular complexity index is 949. The minimum atomic E-state index is -0.959. The molecule has 0 radical (unpaired) electrons. The summed E-state index contributed by atoms with van der Waals surface area (Å²) >= 11 is 0. The van der Waals surface area contributed by atoms with Gasteiger partial charge in [0.1, 0.15) is 5.76 Å². The number of benzene rings is 1. The van der Waals surface area contributed by atoms with Crippen molar-refractivity contribution >= 4 is 5.97 Å². The maximum absolute atomic E-state index is 11.6. The Balaban J connectivity index is 1.86. The van der Waals surface area contributed by atoms with Crippen molar-refractivity contribution in [1.82, 2.24) is 14.9 Å². The highest BCUT2D eigenvalue weighted by molar-refractivity contribution is 5.87. The summed E-state index contributed by atoms with van der Waals surface area (Å²) < 4.78 is 7.06. The molecule has 0 amide bonds. The molecule has 0 saturated heterocycles. The fourth-order valence-electron chi connectivity index (χ4n) is 3.67. The van der Waals surface area contributed by atoms with E-state index in [1.165, 1.54) is 0 Å². The molecule has 1 N–H and O–H groups in total. The molecule has 6 heteroatoms. The molecule has 25 heavy (non-hydrogen) atoms. The molecule has 2 heterocycles. The second kappa shape index (κ2) is 5.88. The zero-order valence-electron chi connectivity index (χ0n) is 14.2. The van der Waals surface area contributed by atoms with Crippen LogP contribution in [0.1, 0.15) is 46.0 Å². The highest BCUT2D eigenvalue weighted by Crippen LogP contribution is 2.31. The van der Waals surface area contributed by atoms with Gasteiger partial charge in [-0.05, 0) is 57.2 Å². The van der Waals surface area contributed by atoms with Crippen molar-refractivity contribution in [3.8, 4) is 16.8 Å². The van der Waals surface area contributed by atoms with E-state index in [4.69, 9.17) is 4.52 Å². The van der Waals surface area contributed by atoms with E-state index in [0.29, 0.717) is 0 Å². The Morgan fingerprint density at radius 3 is 2.76 bits per heavy atom. The first-order valence-corrected chi connectivity index (χ1v) is 8.44. The number of hydrogen-bond donors (Lipinski definition) is 1. The molecule has 1 aliphatic rings. The third kappa shape index (κ3) is 2.54. The summed E-state index contributed by atoms with van der Waals surface area (Å²) in [6.45, 7) is 3.80. The molecular weight excluding hydrogens is 318 g/mol. The quantitative estimate of drug-likeness (QED) is 0.788. The first kappa shape index (κ1) is 15.6. The number of aromatic carboxylic acids is 1. The van der Waals surface area contributed by atoms with Crippen LogP contribution in [0.15, 0.2) is 28.8 Å². The van der Waals surface area contributed by atoms with E-state index < -0.39 is 5.97 Å². The van der Waals surface area contributed by atoms with E-state index in [2.05, 4.69) is 10.3 Å². The number of carboxylic acid groups (broad SMARTS) is 1. The first-order chi connectivity index (χ1) is 12.1. The molecule has 0 atom stereocenters. The van der Waals surface area contributed by atoms with Crippen LogP contribution in [-0.4, -0.2) is 26.0 Å². The van der Waals surface area contributed by atoms with Crippen LogP contribution in [0, 0.1) is 13.8 Å². The molecule has 0 aliphatic heterocycles. The van der Waals surface area contributed by atoms with Crippen LogP contribution in [0.25, 0.3) is 16.8 Å². The van der Waals surface area contributed by atoms with Crippen molar-refractivity contribution in [2.24, 2.45) is 0 Å². The molecule has 0 bridgehead atoms. The van der Waals surface area contributed by atoms with Crippen LogP contribution in [0.5, 0.6) is 0 Å². The minimum Gasteiger partial charge on any atom is -0.476 e. The van der Waals surface area contributed by atoms with Crippen molar-refractivity contribution < 1.29 is 14.4 Å². The van der Waals surface area contributed by atoms with Gasteiger partial charge in [0.15, 0.2) is 5.69 Å². The lowest BCUT2D eigenvalue weighted by atomic mass is 9.95. The molecule has 0 spiro atoms. The third-order valence-electron chi connectivity index (χ3n) is 4.80. The topological polar surface area (TPSA) is 81.2 Å². The van der Waals surface area contributed by atoms with Crippen LogP contribution in [0.2, 0.25) is 0 Å². The Labute approximate surface area is 145 Å². The van der Waals surface area contributed by atoms with Crippen LogP contribution < -0.4 is 0 Å². The summed E-state index contributed by atoms with van der Waals surface area (Å²) in [5, 5.41) is 17.9. The Morgan fingerprint density at radius 1 is 1.24 bits per heavy atom. The summed E-state index contributed by atoms with van der Waals surface area (Å²) in [5.74, 6) is -0.192. The van der Waals surface area contributed by atoms with Crippen molar-refractivity contribution in [2.45, 2.75) is 39.5 Å². The number of aromatic nitrogens is 3. The molecule has 128 valence electrons. The summed E-state index contributed by atoms with van der Waals surface area (Å²) in [6.07, 6.45) is 3.70. The summed E-state index contributed by atoms with van der Waals surface area (Å²) in [5.41, 5.74) is 5.73. The predicted octanol–water partition coefficient (Wildman–Crippen LogP) is 3.72. The molecule has 1 aromatic carbocycles. The van der Waals surface area contributed by atoms with Crippen LogP contribution in [-0.2, 0) is 12.8 Å². The van der Waals surface area contributed by atoms with Crippen molar-refractivity contribution in [3.63, 3.8) is 0 Å². The number of hydrogen-bond acceptors (Lipinski definition) is 4. The zero-order chi connectivity index (χ0) is 17.6. The van der Waals surface area contributed by atoms with Crippen LogP contribution in [0.3, 0.4) is 0 Å². The molecule has 0 unspecified atom stereocenters. The Kier molecular flexibility index (Phi) is 3.67. The lowest BCUT2D eigenvalue weighted by Gasteiger charge is -2.14. The second-order valence-electron chi connectivity index (χ2n) is 6.45. The van der Waals surface area contributed by atoms with Crippen LogP contribution in [0.4, 0.5) is 0 Å². The summed E-state index contributed by atoms with van der Waals surface area (Å²) in [6, 6.07) is 7.92. The summed E-state index contributed by atoms with van der Waals surface area (Å²) in [7, 11) is 0. The normalized spacial score (nSPS) is 13.7. The average molecular weight is 337 g/mol. The molecule has 6 nitrogen and oxygen atoms in total. The molecule has 3 aromatic rings. The van der Waals surface area contributed by atoms with Gasteiger partial charge in [0.05, 0.1) is 11.4 Å². The third-order valence-corrected chi connectivity index (χ3v) is 4.80. The molecule has 1 aliphatic carbocycles. The van der Waals surface area contributed by atoms with Gasteiger partial charge in [-0.3, -0.25) is 0 Å². The zero-order valence-corrected chi connectivity index (χ0v) is 14.2. The largest absolute Gasteiger partial charge is 0.476 e. The summed E-state index contributed by atoms with van der Waals surface area (Å²) in [4.78, 5) is 11.6. The van der Waals surface area contributed by atoms with Gasteiger partial charge in [0.2, 0.25) is 0 Å². The number of aryl methyl sites for hydroxylation is 2. The maximum atomic E-state index is 11.6. The van der Waals surface area contributed by atoms with Crippen molar-refractivity contribution in [2.75, 3.05) is 0 Å². The van der Waals surface area contributed by atoms with E-state index in [1.54, 1.807) is 4.68 Å².